The van der Waals surface area contributed by atoms with Crippen molar-refractivity contribution in [2.75, 3.05) is 6.54 Å². The fourth-order valence-electron chi connectivity index (χ4n) is 10.6. The molecule has 4 aliphatic carbocycles. The summed E-state index contributed by atoms with van der Waals surface area (Å²) in [6, 6.07) is 2.25. The third-order valence-corrected chi connectivity index (χ3v) is 17.0. The summed E-state index contributed by atoms with van der Waals surface area (Å²) in [5.74, 6) is -2.12. The van der Waals surface area contributed by atoms with Crippen LogP contribution in [-0.2, 0) is 30.8 Å². The van der Waals surface area contributed by atoms with Gasteiger partial charge in [-0.25, -0.2) is 22.6 Å². The van der Waals surface area contributed by atoms with E-state index < -0.39 is 79.6 Å². The van der Waals surface area contributed by atoms with Gasteiger partial charge in [-0.15, -0.1) is 0 Å². The van der Waals surface area contributed by atoms with E-state index in [1.54, 1.807) is 13.0 Å². The number of para-hydroxylation sites is 1. The molecule has 4 saturated carbocycles. The van der Waals surface area contributed by atoms with Crippen LogP contribution in [0.5, 0.6) is 5.75 Å². The van der Waals surface area contributed by atoms with Gasteiger partial charge in [0.1, 0.15) is 40.3 Å². The summed E-state index contributed by atoms with van der Waals surface area (Å²) in [6.45, 7) is 5.66. The number of aromatic nitrogens is 1. The van der Waals surface area contributed by atoms with Crippen LogP contribution in [-0.4, -0.2) is 92.7 Å². The molecule has 2 aromatic rings. The smallest absolute Gasteiger partial charge is 0.408 e. The van der Waals surface area contributed by atoms with Gasteiger partial charge in [0.15, 0.2) is 0 Å². The fourth-order valence-corrected chi connectivity index (χ4v) is 11.9. The second-order valence-electron chi connectivity index (χ2n) is 19.5. The number of amides is 4. The lowest BCUT2D eigenvalue weighted by atomic mass is 9.85. The van der Waals surface area contributed by atoms with Crippen LogP contribution in [0.2, 0.25) is 0 Å². The average Bonchev–Trinajstić information content (AvgIpc) is 4.13. The van der Waals surface area contributed by atoms with E-state index in [-0.39, 0.29) is 37.1 Å². The Bertz CT molecular complexity index is 2260. The summed E-state index contributed by atoms with van der Waals surface area (Å²) in [5, 5.41) is 14.5. The minimum Gasteiger partial charge on any atom is -0.483 e. The van der Waals surface area contributed by atoms with Crippen LogP contribution in [0.4, 0.5) is 9.18 Å². The van der Waals surface area contributed by atoms with Gasteiger partial charge >= 0.3 is 6.09 Å². The van der Waals surface area contributed by atoms with E-state index in [9.17, 15) is 27.9 Å². The Morgan fingerprint density at radius 3 is 2.49 bits per heavy atom. The molecular formula is C44H56FN5O8S. The van der Waals surface area contributed by atoms with Crippen molar-refractivity contribution in [2.24, 2.45) is 11.3 Å². The predicted molar refractivity (Wildman–Crippen MR) is 216 cm³/mol. The number of hydrogen-bond acceptors (Lipinski definition) is 8. The van der Waals surface area contributed by atoms with Crippen LogP contribution < -0.4 is 14.8 Å². The normalized spacial score (nSPS) is 33.1. The molecule has 3 aliphatic heterocycles. The molecule has 1 saturated heterocycles. The highest BCUT2D eigenvalue weighted by molar-refractivity contribution is 7.91. The van der Waals surface area contributed by atoms with Crippen molar-refractivity contribution in [2.45, 2.75) is 163 Å². The van der Waals surface area contributed by atoms with E-state index in [0.717, 1.165) is 44.1 Å². The maximum absolute atomic E-state index is 15.4. The van der Waals surface area contributed by atoms with Gasteiger partial charge in [-0.3, -0.25) is 24.0 Å². The Morgan fingerprint density at radius 1 is 1.02 bits per heavy atom. The number of nitrogens with one attached hydrogen (secondary N) is 2. The van der Waals surface area contributed by atoms with Gasteiger partial charge in [-0.05, 0) is 95.5 Å². The number of allylic oxidation sites excluding steroid dienone is 1. The highest BCUT2D eigenvalue weighted by Gasteiger charge is 2.64. The molecule has 1 unspecified atom stereocenters. The number of hydrogen-bond donors (Lipinski definition) is 3. The van der Waals surface area contributed by atoms with Crippen molar-refractivity contribution in [1.82, 2.24) is 24.8 Å². The lowest BCUT2D eigenvalue weighted by Crippen LogP contribution is -2.60. The number of ether oxygens (including phenoxy) is 1. The number of carbonyl (C=O) groups excluding carboxylic acids is 3. The molecule has 4 heterocycles. The average molecular weight is 834 g/mol. The summed E-state index contributed by atoms with van der Waals surface area (Å²) in [4.78, 5) is 65.4. The molecular weight excluding hydrogens is 778 g/mol. The molecule has 9 rings (SSSR count). The first-order chi connectivity index (χ1) is 28.0. The maximum Gasteiger partial charge on any atom is 0.408 e. The number of fused-ring (bicyclic) bond motifs is 5. The van der Waals surface area contributed by atoms with E-state index in [2.05, 4.69) is 10.0 Å². The molecule has 0 bridgehead atoms. The fraction of sp³-hybridized carbons (Fsp3) is 0.659. The highest BCUT2D eigenvalue weighted by atomic mass is 32.2. The Labute approximate surface area is 344 Å². The van der Waals surface area contributed by atoms with Crippen LogP contribution in [0.3, 0.4) is 0 Å². The molecule has 59 heavy (non-hydrogen) atoms. The van der Waals surface area contributed by atoms with Gasteiger partial charge in [-0.2, -0.15) is 0 Å². The first kappa shape index (κ1) is 40.2. The summed E-state index contributed by atoms with van der Waals surface area (Å²) in [6.07, 6.45) is 11.7. The number of sulfonamides is 1. The number of aryl methyl sites for hydroxylation is 1. The molecule has 7 aliphatic rings. The van der Waals surface area contributed by atoms with Crippen LogP contribution in [0.25, 0.3) is 10.9 Å². The van der Waals surface area contributed by atoms with Gasteiger partial charge < -0.3 is 20.1 Å². The van der Waals surface area contributed by atoms with Crippen LogP contribution in [0, 0.1) is 17.2 Å². The minimum absolute atomic E-state index is 0.0120. The van der Waals surface area contributed by atoms with Crippen LogP contribution in [0.15, 0.2) is 30.4 Å². The zero-order valence-electron chi connectivity index (χ0n) is 34.2. The van der Waals surface area contributed by atoms with Crippen molar-refractivity contribution in [3.8, 4) is 5.75 Å². The minimum atomic E-state index is -4.02. The zero-order valence-corrected chi connectivity index (χ0v) is 35.0. The Morgan fingerprint density at radius 2 is 1.80 bits per heavy atom. The van der Waals surface area contributed by atoms with Gasteiger partial charge in [0.2, 0.25) is 21.8 Å². The number of rotatable bonds is 6. The number of carbonyl (C=O) groups is 4. The van der Waals surface area contributed by atoms with Gasteiger partial charge in [0, 0.05) is 35.2 Å². The standard InChI is InChI=1S/C44H56FN5O8S/c1-41(2)19-10-15-33(41)50(40(54)55)31-14-8-6-4-5-7-11-27-23-44(27,39(53)48-59(56,57)42(3)21-22-42)47-37(51)32-24-43(25-49(32)38(31)52)20-18-29-28-12-9-13-30(45)35(28)46-34(26-16-17-26)36(29)58-43/h7,9,11-13,26-27,31-33H,4-6,8,10,14-25H2,1-3H3,(H,47,51)(H,48,53)(H,54,55)/b11-7-/t27-,31+,32+,33?,43-,44-/m1/s1. The monoisotopic (exact) mass is 833 g/mol. The van der Waals surface area contributed by atoms with Crippen molar-refractivity contribution in [1.29, 1.82) is 0 Å². The Balaban J connectivity index is 1.11. The molecule has 5 fully saturated rings. The number of nitrogens with zero attached hydrogens (tertiary/aromatic N) is 3. The summed E-state index contributed by atoms with van der Waals surface area (Å²) in [5.41, 5.74) is -1.19. The number of benzene rings is 1. The van der Waals surface area contributed by atoms with Crippen LogP contribution in [0.1, 0.15) is 134 Å². The molecule has 318 valence electrons. The largest absolute Gasteiger partial charge is 0.483 e. The molecule has 6 atom stereocenters. The molecule has 0 radical (unpaired) electrons. The van der Waals surface area contributed by atoms with Crippen molar-refractivity contribution < 1.29 is 41.8 Å². The number of carboxylic acid groups (broad SMARTS) is 1. The van der Waals surface area contributed by atoms with E-state index in [1.807, 2.05) is 32.1 Å². The third-order valence-electron chi connectivity index (χ3n) is 14.8. The SMILES string of the molecule is CC1(C)CCCC1N(C(=O)O)[C@H]1CCCCC/C=C\[C@@H]2C[C@@]2(C(=O)NS(=O)(=O)C2(C)CC2)NC(=O)[C@@H]2C[C@]3(CCc4c(c(C5CC5)nc5c(F)cccc45)O3)CN2C1=O. The summed E-state index contributed by atoms with van der Waals surface area (Å²) >= 11 is 0. The Kier molecular flexibility index (Phi) is 9.63. The zero-order chi connectivity index (χ0) is 41.7. The van der Waals surface area contributed by atoms with Crippen LogP contribution >= 0.6 is 0 Å². The Hall–Kier alpha value is -4.27. The first-order valence-corrected chi connectivity index (χ1v) is 23.1. The van der Waals surface area contributed by atoms with Gasteiger partial charge in [0.05, 0.1) is 17.0 Å². The first-order valence-electron chi connectivity index (χ1n) is 21.7. The van der Waals surface area contributed by atoms with Crippen molar-refractivity contribution >= 4 is 44.7 Å². The molecule has 13 nitrogen and oxygen atoms in total. The topological polar surface area (TPSA) is 175 Å². The lowest BCUT2D eigenvalue weighted by molar-refractivity contribution is -0.144. The van der Waals surface area contributed by atoms with Crippen molar-refractivity contribution in [3.05, 3.63) is 47.4 Å². The third kappa shape index (κ3) is 6.96. The number of pyridine rings is 1. The van der Waals surface area contributed by atoms with Gasteiger partial charge in [0.25, 0.3) is 5.91 Å². The van der Waals surface area contributed by atoms with E-state index in [1.165, 1.54) is 15.9 Å². The van der Waals surface area contributed by atoms with E-state index >= 15 is 9.18 Å². The quantitative estimate of drug-likeness (QED) is 0.285. The van der Waals surface area contributed by atoms with E-state index in [4.69, 9.17) is 9.72 Å². The molecule has 1 aromatic carbocycles. The summed E-state index contributed by atoms with van der Waals surface area (Å²) < 4.78 is 50.1. The predicted octanol–water partition coefficient (Wildman–Crippen LogP) is 6.24. The lowest BCUT2D eigenvalue weighted by Gasteiger charge is -2.42. The molecule has 1 spiro atoms. The molecule has 15 heteroatoms. The molecule has 1 aromatic heterocycles. The molecule has 3 N–H and O–H groups in total. The van der Waals surface area contributed by atoms with Gasteiger partial charge in [-0.1, -0.05) is 57.4 Å². The summed E-state index contributed by atoms with van der Waals surface area (Å²) in [7, 11) is -4.02. The molecule has 4 amide bonds. The van der Waals surface area contributed by atoms with Crippen molar-refractivity contribution in [3.63, 3.8) is 0 Å². The second-order valence-corrected chi connectivity index (χ2v) is 21.7. The number of halogens is 1. The van der Waals surface area contributed by atoms with E-state index in [0.29, 0.717) is 67.3 Å². The highest BCUT2D eigenvalue weighted by Crippen LogP contribution is 2.52. The maximum atomic E-state index is 15.4. The second kappa shape index (κ2) is 14.2.